The molecule has 5 nitrogen and oxygen atoms in total. The molecule has 0 bridgehead atoms. The fraction of sp³-hybridized carbons (Fsp3) is 0.138. The molecule has 0 spiro atoms. The van der Waals surface area contributed by atoms with Crippen molar-refractivity contribution >= 4 is 28.9 Å². The van der Waals surface area contributed by atoms with E-state index in [9.17, 15) is 4.79 Å². The van der Waals surface area contributed by atoms with E-state index >= 15 is 0 Å². The summed E-state index contributed by atoms with van der Waals surface area (Å²) in [6, 6.07) is 28.9. The van der Waals surface area contributed by atoms with Gasteiger partial charge in [-0.15, -0.1) is 0 Å². The van der Waals surface area contributed by atoms with Crippen LogP contribution in [0.4, 0.5) is 11.4 Å². The highest BCUT2D eigenvalue weighted by atomic mass is 35.5. The molecule has 0 aliphatic carbocycles. The number of rotatable bonds is 9. The summed E-state index contributed by atoms with van der Waals surface area (Å²) in [6.07, 6.45) is 0. The number of ether oxygens (including phenoxy) is 2. The normalized spacial score (nSPS) is 10.5. The van der Waals surface area contributed by atoms with Gasteiger partial charge in [0.15, 0.2) is 6.61 Å². The van der Waals surface area contributed by atoms with Gasteiger partial charge >= 0.3 is 0 Å². The maximum absolute atomic E-state index is 12.3. The zero-order valence-electron chi connectivity index (χ0n) is 19.7. The molecule has 0 fully saturated rings. The van der Waals surface area contributed by atoms with Crippen LogP contribution in [0, 0.1) is 13.8 Å². The van der Waals surface area contributed by atoms with Crippen LogP contribution >= 0.6 is 11.6 Å². The monoisotopic (exact) mass is 486 g/mol. The van der Waals surface area contributed by atoms with Crippen molar-refractivity contribution in [2.24, 2.45) is 0 Å². The fourth-order valence-corrected chi connectivity index (χ4v) is 3.70. The van der Waals surface area contributed by atoms with E-state index in [1.165, 1.54) is 0 Å². The molecule has 0 aliphatic rings. The van der Waals surface area contributed by atoms with E-state index in [4.69, 9.17) is 21.1 Å². The fourth-order valence-electron chi connectivity index (χ4n) is 3.44. The van der Waals surface area contributed by atoms with Crippen molar-refractivity contribution in [1.29, 1.82) is 0 Å². The maximum Gasteiger partial charge on any atom is 0.262 e. The molecule has 6 heteroatoms. The summed E-state index contributed by atoms with van der Waals surface area (Å²) in [4.78, 5) is 12.3. The van der Waals surface area contributed by atoms with Gasteiger partial charge in [-0.2, -0.15) is 0 Å². The van der Waals surface area contributed by atoms with Gasteiger partial charge in [0, 0.05) is 17.9 Å². The Morgan fingerprint density at radius 3 is 2.34 bits per heavy atom. The number of benzene rings is 4. The standard InChI is InChI=1S/C29H27ClN2O3/c1-20-8-9-21(2)27(16-20)32-29(33)19-34-28-15-10-22(17-26(28)30)18-31-23-11-13-25(14-12-23)35-24-6-4-3-5-7-24/h3-17,31H,18-19H2,1-2H3,(H,32,33). The van der Waals surface area contributed by atoms with Crippen LogP contribution in [0.1, 0.15) is 16.7 Å². The molecule has 1 amide bonds. The van der Waals surface area contributed by atoms with Gasteiger partial charge in [-0.25, -0.2) is 0 Å². The van der Waals surface area contributed by atoms with E-state index in [2.05, 4.69) is 10.6 Å². The minimum Gasteiger partial charge on any atom is -0.482 e. The number of nitrogens with one attached hydrogen (secondary N) is 2. The smallest absolute Gasteiger partial charge is 0.262 e. The van der Waals surface area contributed by atoms with Crippen molar-refractivity contribution in [2.75, 3.05) is 17.2 Å². The molecule has 0 aromatic heterocycles. The first-order valence-corrected chi connectivity index (χ1v) is 11.7. The van der Waals surface area contributed by atoms with Crippen LogP contribution in [0.3, 0.4) is 0 Å². The summed E-state index contributed by atoms with van der Waals surface area (Å²) in [6.45, 7) is 4.40. The van der Waals surface area contributed by atoms with Crippen LogP contribution in [0.25, 0.3) is 0 Å². The Morgan fingerprint density at radius 2 is 1.60 bits per heavy atom. The summed E-state index contributed by atoms with van der Waals surface area (Å²) in [5, 5.41) is 6.70. The van der Waals surface area contributed by atoms with Crippen molar-refractivity contribution in [1.82, 2.24) is 0 Å². The van der Waals surface area contributed by atoms with E-state index in [1.807, 2.05) is 98.8 Å². The van der Waals surface area contributed by atoms with Gasteiger partial charge in [0.2, 0.25) is 0 Å². The molecule has 4 aromatic rings. The lowest BCUT2D eigenvalue weighted by Gasteiger charge is -2.12. The average molecular weight is 487 g/mol. The minimum atomic E-state index is -0.236. The Balaban J connectivity index is 1.27. The zero-order chi connectivity index (χ0) is 24.6. The van der Waals surface area contributed by atoms with E-state index in [-0.39, 0.29) is 12.5 Å². The van der Waals surface area contributed by atoms with Crippen LogP contribution in [-0.2, 0) is 11.3 Å². The van der Waals surface area contributed by atoms with E-state index in [0.29, 0.717) is 17.3 Å². The first-order valence-electron chi connectivity index (χ1n) is 11.3. The first-order chi connectivity index (χ1) is 17.0. The molecule has 0 saturated heterocycles. The molecule has 0 radical (unpaired) electrons. The Kier molecular flexibility index (Phi) is 7.91. The van der Waals surface area contributed by atoms with Crippen LogP contribution in [-0.4, -0.2) is 12.5 Å². The molecular weight excluding hydrogens is 460 g/mol. The number of hydrogen-bond donors (Lipinski definition) is 2. The highest BCUT2D eigenvalue weighted by Gasteiger charge is 2.09. The second-order valence-corrected chi connectivity index (χ2v) is 8.62. The quantitative estimate of drug-likeness (QED) is 0.259. The number of para-hydroxylation sites is 1. The number of amides is 1. The van der Waals surface area contributed by atoms with Gasteiger partial charge in [0.05, 0.1) is 5.02 Å². The van der Waals surface area contributed by atoms with E-state index in [0.717, 1.165) is 39.6 Å². The Bertz CT molecular complexity index is 1290. The van der Waals surface area contributed by atoms with Gasteiger partial charge < -0.3 is 20.1 Å². The summed E-state index contributed by atoms with van der Waals surface area (Å²) < 4.78 is 11.5. The molecule has 2 N–H and O–H groups in total. The number of hydrogen-bond acceptors (Lipinski definition) is 4. The topological polar surface area (TPSA) is 59.6 Å². The zero-order valence-corrected chi connectivity index (χ0v) is 20.4. The second kappa shape index (κ2) is 11.4. The lowest BCUT2D eigenvalue weighted by molar-refractivity contribution is -0.118. The third-order valence-electron chi connectivity index (χ3n) is 5.35. The summed E-state index contributed by atoms with van der Waals surface area (Å²) in [7, 11) is 0. The van der Waals surface area contributed by atoms with E-state index in [1.54, 1.807) is 6.07 Å². The van der Waals surface area contributed by atoms with Gasteiger partial charge in [-0.1, -0.05) is 48.0 Å². The van der Waals surface area contributed by atoms with Crippen LogP contribution in [0.5, 0.6) is 17.2 Å². The van der Waals surface area contributed by atoms with Crippen LogP contribution in [0.2, 0.25) is 5.02 Å². The lowest BCUT2D eigenvalue weighted by atomic mass is 10.1. The van der Waals surface area contributed by atoms with Crippen molar-refractivity contribution < 1.29 is 14.3 Å². The molecule has 4 aromatic carbocycles. The molecule has 0 saturated carbocycles. The molecule has 0 aliphatic heterocycles. The predicted octanol–water partition coefficient (Wildman–Crippen LogP) is 7.38. The summed E-state index contributed by atoms with van der Waals surface area (Å²) in [5.41, 5.74) is 4.82. The van der Waals surface area contributed by atoms with Crippen molar-refractivity contribution in [3.63, 3.8) is 0 Å². The van der Waals surface area contributed by atoms with Crippen molar-refractivity contribution in [2.45, 2.75) is 20.4 Å². The van der Waals surface area contributed by atoms with Crippen molar-refractivity contribution in [3.05, 3.63) is 113 Å². The Hall–Kier alpha value is -3.96. The first kappa shape index (κ1) is 24.2. The average Bonchev–Trinajstić information content (AvgIpc) is 2.86. The van der Waals surface area contributed by atoms with Crippen LogP contribution < -0.4 is 20.1 Å². The number of halogens is 1. The highest BCUT2D eigenvalue weighted by Crippen LogP contribution is 2.27. The number of carbonyl (C=O) groups excluding carboxylic acids is 1. The van der Waals surface area contributed by atoms with Gasteiger partial charge in [-0.3, -0.25) is 4.79 Å². The molecule has 4 rings (SSSR count). The summed E-state index contributed by atoms with van der Waals surface area (Å²) in [5.74, 6) is 1.80. The third-order valence-corrected chi connectivity index (χ3v) is 5.65. The minimum absolute atomic E-state index is 0.123. The second-order valence-electron chi connectivity index (χ2n) is 8.21. The number of aryl methyl sites for hydroxylation is 2. The highest BCUT2D eigenvalue weighted by molar-refractivity contribution is 6.32. The van der Waals surface area contributed by atoms with Gasteiger partial charge in [0.25, 0.3) is 5.91 Å². The van der Waals surface area contributed by atoms with Crippen molar-refractivity contribution in [3.8, 4) is 17.2 Å². The number of carbonyl (C=O) groups is 1. The molecule has 0 heterocycles. The Labute approximate surface area is 210 Å². The molecule has 35 heavy (non-hydrogen) atoms. The number of anilines is 2. The molecule has 0 unspecified atom stereocenters. The molecular formula is C29H27ClN2O3. The van der Waals surface area contributed by atoms with Gasteiger partial charge in [0.1, 0.15) is 17.2 Å². The predicted molar refractivity (Wildman–Crippen MR) is 142 cm³/mol. The van der Waals surface area contributed by atoms with Gasteiger partial charge in [-0.05, 0) is 85.1 Å². The lowest BCUT2D eigenvalue weighted by Crippen LogP contribution is -2.20. The van der Waals surface area contributed by atoms with Crippen LogP contribution in [0.15, 0.2) is 91.0 Å². The molecule has 178 valence electrons. The maximum atomic E-state index is 12.3. The summed E-state index contributed by atoms with van der Waals surface area (Å²) >= 11 is 6.40. The molecule has 0 atom stereocenters. The SMILES string of the molecule is Cc1ccc(C)c(NC(=O)COc2ccc(CNc3ccc(Oc4ccccc4)cc3)cc2Cl)c1. The largest absolute Gasteiger partial charge is 0.482 e. The van der Waals surface area contributed by atoms with E-state index < -0.39 is 0 Å². The third kappa shape index (κ3) is 7.01. The Morgan fingerprint density at radius 1 is 0.857 bits per heavy atom.